The van der Waals surface area contributed by atoms with Gasteiger partial charge in [-0.2, -0.15) is 0 Å². The second kappa shape index (κ2) is 10.5. The summed E-state index contributed by atoms with van der Waals surface area (Å²) in [5.41, 5.74) is 5.35. The molecule has 3 aromatic rings. The monoisotopic (exact) mass is 507 g/mol. The summed E-state index contributed by atoms with van der Waals surface area (Å²) in [6.45, 7) is 9.62. The zero-order valence-electron chi connectivity index (χ0n) is 17.7. The van der Waals surface area contributed by atoms with E-state index in [-0.39, 0.29) is 30.0 Å². The van der Waals surface area contributed by atoms with Crippen LogP contribution in [0, 0.1) is 13.8 Å². The lowest BCUT2D eigenvalue weighted by atomic mass is 10.0. The largest absolute Gasteiger partial charge is 0.496 e. The molecule has 7 heteroatoms. The number of aryl methyl sites for hydroxylation is 2. The standard InChI is InChI=1S/C22H29N5O.HI/c1-6-23-22(25-17(4)19-12-15(2)10-11-20(19)28-5)24-13-18-14-27-16(3)8-7-9-21(27)26-18;/h7-12,14,17H,6,13H2,1-5H3,(H2,23,24,25);1H. The van der Waals surface area contributed by atoms with E-state index in [9.17, 15) is 0 Å². The fourth-order valence-electron chi connectivity index (χ4n) is 3.23. The number of methoxy groups -OCH3 is 1. The lowest BCUT2D eigenvalue weighted by molar-refractivity contribution is 0.405. The number of fused-ring (bicyclic) bond motifs is 1. The Labute approximate surface area is 189 Å². The number of hydrogen-bond acceptors (Lipinski definition) is 3. The lowest BCUT2D eigenvalue weighted by Gasteiger charge is -2.20. The third kappa shape index (κ3) is 5.62. The first-order chi connectivity index (χ1) is 13.5. The molecule has 6 nitrogen and oxygen atoms in total. The second-order valence-corrected chi connectivity index (χ2v) is 6.93. The minimum Gasteiger partial charge on any atom is -0.496 e. The highest BCUT2D eigenvalue weighted by Crippen LogP contribution is 2.26. The van der Waals surface area contributed by atoms with E-state index in [2.05, 4.69) is 65.9 Å². The first-order valence-corrected chi connectivity index (χ1v) is 9.64. The number of nitrogens with zero attached hydrogens (tertiary/aromatic N) is 3. The molecule has 2 N–H and O–H groups in total. The number of aliphatic imine (C=N–C) groups is 1. The average molecular weight is 507 g/mol. The molecular formula is C22H30IN5O. The van der Waals surface area contributed by atoms with Gasteiger partial charge in [-0.3, -0.25) is 0 Å². The van der Waals surface area contributed by atoms with Gasteiger partial charge in [-0.15, -0.1) is 24.0 Å². The van der Waals surface area contributed by atoms with Crippen LogP contribution < -0.4 is 15.4 Å². The molecule has 29 heavy (non-hydrogen) atoms. The third-order valence-electron chi connectivity index (χ3n) is 4.69. The van der Waals surface area contributed by atoms with Crippen molar-refractivity contribution in [3.05, 3.63) is 65.1 Å². The minimum atomic E-state index is 0. The first kappa shape index (κ1) is 23.0. The molecule has 156 valence electrons. The molecule has 2 heterocycles. The molecular weight excluding hydrogens is 477 g/mol. The molecule has 0 aliphatic rings. The van der Waals surface area contributed by atoms with Crippen LogP contribution in [0.5, 0.6) is 5.75 Å². The normalized spacial score (nSPS) is 12.4. The van der Waals surface area contributed by atoms with Crippen LogP contribution in [0.1, 0.15) is 42.4 Å². The molecule has 0 bridgehead atoms. The number of imidazole rings is 1. The lowest BCUT2D eigenvalue weighted by Crippen LogP contribution is -2.38. The summed E-state index contributed by atoms with van der Waals surface area (Å²) < 4.78 is 7.61. The van der Waals surface area contributed by atoms with Crippen LogP contribution in [0.25, 0.3) is 5.65 Å². The number of pyridine rings is 1. The third-order valence-corrected chi connectivity index (χ3v) is 4.69. The Morgan fingerprint density at radius 1 is 1.24 bits per heavy atom. The van der Waals surface area contributed by atoms with E-state index in [0.717, 1.165) is 40.9 Å². The molecule has 0 radical (unpaired) electrons. The van der Waals surface area contributed by atoms with Gasteiger partial charge in [0.15, 0.2) is 5.96 Å². The number of guanidine groups is 1. The molecule has 1 aromatic carbocycles. The number of ether oxygens (including phenoxy) is 1. The van der Waals surface area contributed by atoms with Gasteiger partial charge in [-0.25, -0.2) is 9.98 Å². The average Bonchev–Trinajstić information content (AvgIpc) is 3.11. The maximum Gasteiger partial charge on any atom is 0.192 e. The Kier molecular flexibility index (Phi) is 8.31. The van der Waals surface area contributed by atoms with Crippen LogP contribution in [-0.4, -0.2) is 29.0 Å². The van der Waals surface area contributed by atoms with E-state index >= 15 is 0 Å². The Bertz CT molecular complexity index is 982. The summed E-state index contributed by atoms with van der Waals surface area (Å²) in [6.07, 6.45) is 2.05. The number of hydrogen-bond donors (Lipinski definition) is 2. The number of halogens is 1. The van der Waals surface area contributed by atoms with Crippen molar-refractivity contribution in [2.45, 2.75) is 40.3 Å². The topological polar surface area (TPSA) is 63.0 Å². The molecule has 1 atom stereocenters. The molecule has 0 amide bonds. The van der Waals surface area contributed by atoms with Crippen molar-refractivity contribution in [3.63, 3.8) is 0 Å². The van der Waals surface area contributed by atoms with Crippen molar-refractivity contribution in [1.29, 1.82) is 0 Å². The predicted molar refractivity (Wildman–Crippen MR) is 129 cm³/mol. The molecule has 0 fully saturated rings. The summed E-state index contributed by atoms with van der Waals surface area (Å²) in [5, 5.41) is 6.79. The number of benzene rings is 1. The molecule has 3 rings (SSSR count). The highest BCUT2D eigenvalue weighted by molar-refractivity contribution is 14.0. The highest BCUT2D eigenvalue weighted by atomic mass is 127. The van der Waals surface area contributed by atoms with Gasteiger partial charge >= 0.3 is 0 Å². The maximum atomic E-state index is 5.52. The van der Waals surface area contributed by atoms with E-state index in [4.69, 9.17) is 9.73 Å². The molecule has 2 aromatic heterocycles. The van der Waals surface area contributed by atoms with E-state index in [1.807, 2.05) is 24.4 Å². The molecule has 0 saturated carbocycles. The van der Waals surface area contributed by atoms with Gasteiger partial charge in [0.05, 0.1) is 25.4 Å². The highest BCUT2D eigenvalue weighted by Gasteiger charge is 2.13. The van der Waals surface area contributed by atoms with Gasteiger partial charge in [0.2, 0.25) is 0 Å². The van der Waals surface area contributed by atoms with Crippen molar-refractivity contribution >= 4 is 35.6 Å². The van der Waals surface area contributed by atoms with E-state index < -0.39 is 0 Å². The zero-order valence-corrected chi connectivity index (χ0v) is 20.0. The van der Waals surface area contributed by atoms with Gasteiger partial charge < -0.3 is 19.8 Å². The van der Waals surface area contributed by atoms with Gasteiger partial charge in [0.25, 0.3) is 0 Å². The SMILES string of the molecule is CCNC(=NCc1cn2c(C)cccc2n1)NC(C)c1cc(C)ccc1OC.I. The minimum absolute atomic E-state index is 0. The van der Waals surface area contributed by atoms with Crippen LogP contribution >= 0.6 is 24.0 Å². The quantitative estimate of drug-likeness (QED) is 0.295. The predicted octanol–water partition coefficient (Wildman–Crippen LogP) is 4.39. The molecule has 0 aliphatic carbocycles. The first-order valence-electron chi connectivity index (χ1n) is 9.64. The smallest absolute Gasteiger partial charge is 0.192 e. The number of nitrogens with one attached hydrogen (secondary N) is 2. The number of aromatic nitrogens is 2. The van der Waals surface area contributed by atoms with Gasteiger partial charge in [-0.1, -0.05) is 23.8 Å². The summed E-state index contributed by atoms with van der Waals surface area (Å²) in [6, 6.07) is 12.4. The van der Waals surface area contributed by atoms with Crippen molar-refractivity contribution in [1.82, 2.24) is 20.0 Å². The van der Waals surface area contributed by atoms with E-state index in [1.165, 1.54) is 5.56 Å². The van der Waals surface area contributed by atoms with Crippen LogP contribution in [0.3, 0.4) is 0 Å². The van der Waals surface area contributed by atoms with Crippen molar-refractivity contribution in [3.8, 4) is 5.75 Å². The summed E-state index contributed by atoms with van der Waals surface area (Å²) in [7, 11) is 1.70. The van der Waals surface area contributed by atoms with Crippen LogP contribution in [0.4, 0.5) is 0 Å². The van der Waals surface area contributed by atoms with E-state index in [0.29, 0.717) is 6.54 Å². The Morgan fingerprint density at radius 3 is 2.72 bits per heavy atom. The fourth-order valence-corrected chi connectivity index (χ4v) is 3.23. The van der Waals surface area contributed by atoms with Crippen LogP contribution in [0.15, 0.2) is 47.6 Å². The van der Waals surface area contributed by atoms with Gasteiger partial charge in [0, 0.05) is 24.0 Å². The number of rotatable bonds is 6. The van der Waals surface area contributed by atoms with Crippen LogP contribution in [0.2, 0.25) is 0 Å². The summed E-state index contributed by atoms with van der Waals surface area (Å²) in [5.74, 6) is 1.63. The van der Waals surface area contributed by atoms with Crippen molar-refractivity contribution in [2.24, 2.45) is 4.99 Å². The Balaban J connectivity index is 0.00000300. The van der Waals surface area contributed by atoms with E-state index in [1.54, 1.807) is 7.11 Å². The van der Waals surface area contributed by atoms with Crippen molar-refractivity contribution in [2.75, 3.05) is 13.7 Å². The van der Waals surface area contributed by atoms with Crippen molar-refractivity contribution < 1.29 is 4.74 Å². The molecule has 0 saturated heterocycles. The Hall–Kier alpha value is -2.29. The summed E-state index contributed by atoms with van der Waals surface area (Å²) in [4.78, 5) is 9.39. The Morgan fingerprint density at radius 2 is 2.03 bits per heavy atom. The zero-order chi connectivity index (χ0) is 20.1. The van der Waals surface area contributed by atoms with Gasteiger partial charge in [0.1, 0.15) is 11.4 Å². The molecule has 1 unspecified atom stereocenters. The van der Waals surface area contributed by atoms with Gasteiger partial charge in [-0.05, 0) is 45.9 Å². The summed E-state index contributed by atoms with van der Waals surface area (Å²) >= 11 is 0. The molecule has 0 spiro atoms. The molecule has 0 aliphatic heterocycles. The fraction of sp³-hybridized carbons (Fsp3) is 0.364. The second-order valence-electron chi connectivity index (χ2n) is 6.93. The maximum absolute atomic E-state index is 5.52. The van der Waals surface area contributed by atoms with Crippen LogP contribution in [-0.2, 0) is 6.54 Å².